The Bertz CT molecular complexity index is 427. The SMILES string of the molecule is CCNC(Cc1cccc(Cl)c1F)C1CCOC1C. The van der Waals surface area contributed by atoms with Crippen molar-refractivity contribution in [3.63, 3.8) is 0 Å². The average molecular weight is 286 g/mol. The van der Waals surface area contributed by atoms with Crippen molar-refractivity contribution in [1.29, 1.82) is 0 Å². The maximum absolute atomic E-state index is 14.0. The van der Waals surface area contributed by atoms with Crippen molar-refractivity contribution < 1.29 is 9.13 Å². The van der Waals surface area contributed by atoms with Crippen LogP contribution in [0.15, 0.2) is 18.2 Å². The lowest BCUT2D eigenvalue weighted by Crippen LogP contribution is -2.41. The number of halogens is 2. The number of nitrogens with one attached hydrogen (secondary N) is 1. The molecule has 106 valence electrons. The Morgan fingerprint density at radius 2 is 2.32 bits per heavy atom. The maximum atomic E-state index is 14.0. The molecule has 0 radical (unpaired) electrons. The highest BCUT2D eigenvalue weighted by Crippen LogP contribution is 2.27. The predicted molar refractivity (Wildman–Crippen MR) is 76.1 cm³/mol. The number of ether oxygens (including phenoxy) is 1. The van der Waals surface area contributed by atoms with Gasteiger partial charge in [-0.3, -0.25) is 0 Å². The van der Waals surface area contributed by atoms with E-state index in [4.69, 9.17) is 16.3 Å². The molecule has 4 heteroatoms. The maximum Gasteiger partial charge on any atom is 0.145 e. The monoisotopic (exact) mass is 285 g/mol. The smallest absolute Gasteiger partial charge is 0.145 e. The van der Waals surface area contributed by atoms with Crippen molar-refractivity contribution in [3.05, 3.63) is 34.6 Å². The van der Waals surface area contributed by atoms with Gasteiger partial charge in [0.05, 0.1) is 11.1 Å². The zero-order valence-corrected chi connectivity index (χ0v) is 12.2. The topological polar surface area (TPSA) is 21.3 Å². The molecule has 1 heterocycles. The summed E-state index contributed by atoms with van der Waals surface area (Å²) < 4.78 is 19.6. The molecule has 0 bridgehead atoms. The highest BCUT2D eigenvalue weighted by Gasteiger charge is 2.31. The first-order chi connectivity index (χ1) is 9.13. The molecule has 1 saturated heterocycles. The number of hydrogen-bond acceptors (Lipinski definition) is 2. The molecule has 0 amide bonds. The molecule has 19 heavy (non-hydrogen) atoms. The molecule has 2 nitrogen and oxygen atoms in total. The van der Waals surface area contributed by atoms with Crippen molar-refractivity contribution in [2.24, 2.45) is 5.92 Å². The van der Waals surface area contributed by atoms with E-state index in [1.807, 2.05) is 6.07 Å². The van der Waals surface area contributed by atoms with Gasteiger partial charge in [-0.25, -0.2) is 4.39 Å². The van der Waals surface area contributed by atoms with Crippen LogP contribution in [-0.4, -0.2) is 25.3 Å². The minimum absolute atomic E-state index is 0.198. The van der Waals surface area contributed by atoms with Gasteiger partial charge < -0.3 is 10.1 Å². The molecular formula is C15H21ClFNO. The Balaban J connectivity index is 2.14. The molecule has 1 N–H and O–H groups in total. The van der Waals surface area contributed by atoms with Gasteiger partial charge in [-0.15, -0.1) is 0 Å². The summed E-state index contributed by atoms with van der Waals surface area (Å²) in [5.41, 5.74) is 0.678. The third-order valence-corrected chi connectivity index (χ3v) is 4.18. The number of hydrogen-bond donors (Lipinski definition) is 1. The van der Waals surface area contributed by atoms with Gasteiger partial charge in [0.1, 0.15) is 5.82 Å². The van der Waals surface area contributed by atoms with E-state index >= 15 is 0 Å². The molecule has 0 aromatic heterocycles. The van der Waals surface area contributed by atoms with Crippen LogP contribution < -0.4 is 5.32 Å². The van der Waals surface area contributed by atoms with Crippen molar-refractivity contribution in [2.45, 2.75) is 38.8 Å². The summed E-state index contributed by atoms with van der Waals surface area (Å²) in [6.45, 7) is 5.83. The van der Waals surface area contributed by atoms with E-state index in [0.717, 1.165) is 19.6 Å². The Hall–Kier alpha value is -0.640. The molecule has 1 fully saturated rings. The summed E-state index contributed by atoms with van der Waals surface area (Å²) in [5.74, 6) is 0.136. The van der Waals surface area contributed by atoms with Crippen molar-refractivity contribution in [3.8, 4) is 0 Å². The minimum Gasteiger partial charge on any atom is -0.378 e. The van der Waals surface area contributed by atoms with Gasteiger partial charge in [-0.2, -0.15) is 0 Å². The van der Waals surface area contributed by atoms with Gasteiger partial charge in [0.15, 0.2) is 0 Å². The fraction of sp³-hybridized carbons (Fsp3) is 0.600. The number of benzene rings is 1. The molecule has 0 aliphatic carbocycles. The average Bonchev–Trinajstić information content (AvgIpc) is 2.80. The van der Waals surface area contributed by atoms with Crippen LogP contribution in [-0.2, 0) is 11.2 Å². The van der Waals surface area contributed by atoms with E-state index in [1.165, 1.54) is 0 Å². The summed E-state index contributed by atoms with van der Waals surface area (Å²) in [5, 5.41) is 3.66. The highest BCUT2D eigenvalue weighted by atomic mass is 35.5. The summed E-state index contributed by atoms with van der Waals surface area (Å²) in [7, 11) is 0. The van der Waals surface area contributed by atoms with Gasteiger partial charge in [0, 0.05) is 18.6 Å². The lowest BCUT2D eigenvalue weighted by molar-refractivity contribution is 0.0955. The van der Waals surface area contributed by atoms with Crippen molar-refractivity contribution in [1.82, 2.24) is 5.32 Å². The van der Waals surface area contributed by atoms with Gasteiger partial charge in [-0.05, 0) is 37.9 Å². The summed E-state index contributed by atoms with van der Waals surface area (Å²) >= 11 is 5.84. The second-order valence-corrected chi connectivity index (χ2v) is 5.52. The minimum atomic E-state index is -0.293. The fourth-order valence-electron chi connectivity index (χ4n) is 2.86. The van der Waals surface area contributed by atoms with Crippen LogP contribution in [0.2, 0.25) is 5.02 Å². The third-order valence-electron chi connectivity index (χ3n) is 3.89. The Morgan fingerprint density at radius 1 is 1.53 bits per heavy atom. The van der Waals surface area contributed by atoms with Crippen LogP contribution in [0.25, 0.3) is 0 Å². The summed E-state index contributed by atoms with van der Waals surface area (Å²) in [6, 6.07) is 5.43. The molecule has 1 aromatic rings. The molecule has 3 unspecified atom stereocenters. The zero-order valence-electron chi connectivity index (χ0n) is 11.5. The van der Waals surface area contributed by atoms with Crippen LogP contribution >= 0.6 is 11.6 Å². The van der Waals surface area contributed by atoms with Crippen molar-refractivity contribution in [2.75, 3.05) is 13.2 Å². The van der Waals surface area contributed by atoms with E-state index in [2.05, 4.69) is 19.2 Å². The first kappa shape index (κ1) is 14.8. The van der Waals surface area contributed by atoms with Crippen LogP contribution in [0.3, 0.4) is 0 Å². The molecular weight excluding hydrogens is 265 g/mol. The lowest BCUT2D eigenvalue weighted by Gasteiger charge is -2.27. The first-order valence-electron chi connectivity index (χ1n) is 6.91. The van der Waals surface area contributed by atoms with Gasteiger partial charge >= 0.3 is 0 Å². The molecule has 0 spiro atoms. The fourth-order valence-corrected chi connectivity index (χ4v) is 3.05. The largest absolute Gasteiger partial charge is 0.378 e. The highest BCUT2D eigenvalue weighted by molar-refractivity contribution is 6.30. The molecule has 2 rings (SSSR count). The Labute approximate surface area is 119 Å². The van der Waals surface area contributed by atoms with E-state index in [1.54, 1.807) is 12.1 Å². The van der Waals surface area contributed by atoms with Gasteiger partial charge in [0.25, 0.3) is 0 Å². The summed E-state index contributed by atoms with van der Waals surface area (Å²) in [6.07, 6.45) is 1.91. The first-order valence-corrected chi connectivity index (χ1v) is 7.29. The van der Waals surface area contributed by atoms with E-state index in [-0.39, 0.29) is 23.0 Å². The molecule has 1 aliphatic rings. The van der Waals surface area contributed by atoms with Gasteiger partial charge in [0.2, 0.25) is 0 Å². The van der Waals surface area contributed by atoms with E-state index < -0.39 is 0 Å². The quantitative estimate of drug-likeness (QED) is 0.895. The van der Waals surface area contributed by atoms with E-state index in [9.17, 15) is 4.39 Å². The normalized spacial score (nSPS) is 24.6. The van der Waals surface area contributed by atoms with Crippen molar-refractivity contribution >= 4 is 11.6 Å². The lowest BCUT2D eigenvalue weighted by atomic mass is 9.88. The molecule has 1 aliphatic heterocycles. The zero-order chi connectivity index (χ0) is 13.8. The predicted octanol–water partition coefficient (Wildman–Crippen LogP) is 3.42. The second-order valence-electron chi connectivity index (χ2n) is 5.11. The van der Waals surface area contributed by atoms with Crippen LogP contribution in [0, 0.1) is 11.7 Å². The third kappa shape index (κ3) is 3.47. The van der Waals surface area contributed by atoms with Crippen LogP contribution in [0.5, 0.6) is 0 Å². The van der Waals surface area contributed by atoms with Crippen LogP contribution in [0.4, 0.5) is 4.39 Å². The summed E-state index contributed by atoms with van der Waals surface area (Å²) in [4.78, 5) is 0. The van der Waals surface area contributed by atoms with Gasteiger partial charge in [-0.1, -0.05) is 30.7 Å². The number of likely N-dealkylation sites (N-methyl/N-ethyl adjacent to an activating group) is 1. The molecule has 3 atom stereocenters. The van der Waals surface area contributed by atoms with Crippen LogP contribution in [0.1, 0.15) is 25.8 Å². The molecule has 1 aromatic carbocycles. The van der Waals surface area contributed by atoms with E-state index in [0.29, 0.717) is 17.9 Å². The molecule has 0 saturated carbocycles. The number of rotatable bonds is 5. The second kappa shape index (κ2) is 6.69. The Kier molecular flexibility index (Phi) is 5.20. The Morgan fingerprint density at radius 3 is 2.95 bits per heavy atom. The standard InChI is InChI=1S/C15H21ClFNO/c1-3-18-14(12-7-8-19-10(12)2)9-11-5-4-6-13(16)15(11)17/h4-6,10,12,14,18H,3,7-9H2,1-2H3.